The van der Waals surface area contributed by atoms with E-state index in [0.717, 1.165) is 25.7 Å². The molecule has 1 fully saturated rings. The average Bonchev–Trinajstić information content (AvgIpc) is 2.91. The number of H-pyrrole nitrogens is 1. The molecule has 1 saturated carbocycles. The molecule has 0 bridgehead atoms. The van der Waals surface area contributed by atoms with E-state index in [4.69, 9.17) is 9.47 Å². The Hall–Kier alpha value is -3.75. The number of halogens is 1. The van der Waals surface area contributed by atoms with Crippen LogP contribution in [-0.2, 0) is 17.8 Å². The van der Waals surface area contributed by atoms with Crippen molar-refractivity contribution < 1.29 is 18.7 Å². The van der Waals surface area contributed by atoms with Gasteiger partial charge in [0.2, 0.25) is 5.91 Å². The number of rotatable bonds is 9. The molecule has 1 aliphatic carbocycles. The minimum Gasteiger partial charge on any atom is -0.493 e. The van der Waals surface area contributed by atoms with Gasteiger partial charge < -0.3 is 19.4 Å². The van der Waals surface area contributed by atoms with E-state index in [1.165, 1.54) is 25.7 Å². The first kappa shape index (κ1) is 25.3. The predicted molar refractivity (Wildman–Crippen MR) is 133 cm³/mol. The lowest BCUT2D eigenvalue weighted by Gasteiger charge is -2.31. The van der Waals surface area contributed by atoms with Gasteiger partial charge >= 0.3 is 0 Å². The molecule has 1 aliphatic rings. The minimum atomic E-state index is -0.376. The number of aromatic amines is 1. The third-order valence-electron chi connectivity index (χ3n) is 6.58. The Kier molecular flexibility index (Phi) is 8.30. The van der Waals surface area contributed by atoms with E-state index in [1.807, 2.05) is 11.9 Å². The predicted octanol–water partition coefficient (Wildman–Crippen LogP) is 4.28. The Balaban J connectivity index is 1.40. The topological polar surface area (TPSA) is 97.4 Å². The number of benzene rings is 2. The van der Waals surface area contributed by atoms with Gasteiger partial charge in [-0.25, -0.2) is 4.39 Å². The molecule has 0 spiro atoms. The van der Waals surface area contributed by atoms with Gasteiger partial charge in [-0.2, -0.15) is 0 Å². The molecule has 0 unspecified atom stereocenters. The second-order valence-electron chi connectivity index (χ2n) is 9.03. The molecule has 3 aromatic rings. The van der Waals surface area contributed by atoms with E-state index in [9.17, 15) is 14.0 Å². The van der Waals surface area contributed by atoms with Crippen molar-refractivity contribution in [2.24, 2.45) is 0 Å². The Morgan fingerprint density at radius 3 is 2.64 bits per heavy atom. The Bertz CT molecular complexity index is 1260. The number of aromatic nitrogens is 3. The maximum Gasteiger partial charge on any atom is 0.273 e. The highest BCUT2D eigenvalue weighted by Crippen LogP contribution is 2.31. The van der Waals surface area contributed by atoms with E-state index in [1.54, 1.807) is 30.3 Å². The highest BCUT2D eigenvalue weighted by Gasteiger charge is 2.22. The lowest BCUT2D eigenvalue weighted by Crippen LogP contribution is -2.38. The molecule has 1 N–H and O–H groups in total. The fourth-order valence-corrected chi connectivity index (χ4v) is 4.45. The molecule has 190 valence electrons. The van der Waals surface area contributed by atoms with Crippen molar-refractivity contribution in [2.75, 3.05) is 14.2 Å². The molecular weight excluding hydrogens is 463 g/mol. The SMILES string of the molecule is COc1cc(-c2nnc(CCC(=O)N(C)C3CCCCC3)c(=O)[nH]2)ccc1OCc1cccc(F)c1. The summed E-state index contributed by atoms with van der Waals surface area (Å²) >= 11 is 0. The van der Waals surface area contributed by atoms with Gasteiger partial charge in [-0.1, -0.05) is 31.4 Å². The molecule has 36 heavy (non-hydrogen) atoms. The van der Waals surface area contributed by atoms with Crippen LogP contribution in [0.25, 0.3) is 11.4 Å². The second kappa shape index (κ2) is 11.8. The zero-order valence-corrected chi connectivity index (χ0v) is 20.6. The van der Waals surface area contributed by atoms with Gasteiger partial charge in [-0.05, 0) is 48.7 Å². The monoisotopic (exact) mass is 494 g/mol. The molecule has 1 aromatic heterocycles. The molecular formula is C27H31FN4O4. The molecule has 4 rings (SSSR count). The Morgan fingerprint density at radius 1 is 1.11 bits per heavy atom. The van der Waals surface area contributed by atoms with Gasteiger partial charge in [0.1, 0.15) is 18.1 Å². The molecule has 0 saturated heterocycles. The van der Waals surface area contributed by atoms with Crippen LogP contribution in [0.2, 0.25) is 0 Å². The molecule has 0 aliphatic heterocycles. The number of nitrogens with one attached hydrogen (secondary N) is 1. The summed E-state index contributed by atoms with van der Waals surface area (Å²) in [6, 6.07) is 11.6. The quantitative estimate of drug-likeness (QED) is 0.477. The van der Waals surface area contributed by atoms with Crippen molar-refractivity contribution in [3.05, 3.63) is 69.9 Å². The van der Waals surface area contributed by atoms with E-state index in [0.29, 0.717) is 22.6 Å². The number of aryl methyl sites for hydroxylation is 1. The van der Waals surface area contributed by atoms with Crippen molar-refractivity contribution in [1.82, 2.24) is 20.1 Å². The molecule has 2 aromatic carbocycles. The maximum atomic E-state index is 13.4. The highest BCUT2D eigenvalue weighted by atomic mass is 19.1. The zero-order valence-electron chi connectivity index (χ0n) is 20.6. The van der Waals surface area contributed by atoms with Gasteiger partial charge in [0.25, 0.3) is 5.56 Å². The van der Waals surface area contributed by atoms with Gasteiger partial charge in [0.05, 0.1) is 7.11 Å². The van der Waals surface area contributed by atoms with Crippen LogP contribution < -0.4 is 15.0 Å². The summed E-state index contributed by atoms with van der Waals surface area (Å²) in [7, 11) is 3.35. The fraction of sp³-hybridized carbons (Fsp3) is 0.407. The molecule has 9 heteroatoms. The summed E-state index contributed by atoms with van der Waals surface area (Å²) in [6.07, 6.45) is 6.06. The number of carbonyl (C=O) groups excluding carboxylic acids is 1. The number of amides is 1. The first-order valence-corrected chi connectivity index (χ1v) is 12.2. The fourth-order valence-electron chi connectivity index (χ4n) is 4.45. The smallest absolute Gasteiger partial charge is 0.273 e. The number of methoxy groups -OCH3 is 1. The minimum absolute atomic E-state index is 0.0192. The van der Waals surface area contributed by atoms with Crippen LogP contribution in [0.15, 0.2) is 47.3 Å². The van der Waals surface area contributed by atoms with Gasteiger partial charge in [-0.3, -0.25) is 9.59 Å². The van der Waals surface area contributed by atoms with Crippen molar-refractivity contribution >= 4 is 5.91 Å². The summed E-state index contributed by atoms with van der Waals surface area (Å²) < 4.78 is 24.6. The van der Waals surface area contributed by atoms with E-state index < -0.39 is 0 Å². The van der Waals surface area contributed by atoms with E-state index in [-0.39, 0.29) is 54.3 Å². The Morgan fingerprint density at radius 2 is 1.92 bits per heavy atom. The molecule has 8 nitrogen and oxygen atoms in total. The van der Waals surface area contributed by atoms with Gasteiger partial charge in [-0.15, -0.1) is 10.2 Å². The Labute approximate surface area is 209 Å². The van der Waals surface area contributed by atoms with Crippen LogP contribution in [-0.4, -0.2) is 46.2 Å². The largest absolute Gasteiger partial charge is 0.493 e. The van der Waals surface area contributed by atoms with Crippen LogP contribution in [0.4, 0.5) is 4.39 Å². The first-order valence-electron chi connectivity index (χ1n) is 12.2. The summed E-state index contributed by atoms with van der Waals surface area (Å²) in [6.45, 7) is 0.174. The van der Waals surface area contributed by atoms with Gasteiger partial charge in [0.15, 0.2) is 17.3 Å². The van der Waals surface area contributed by atoms with Crippen molar-refractivity contribution in [3.63, 3.8) is 0 Å². The lowest BCUT2D eigenvalue weighted by atomic mass is 9.94. The van der Waals surface area contributed by atoms with Crippen LogP contribution in [0.1, 0.15) is 49.8 Å². The average molecular weight is 495 g/mol. The summed E-state index contributed by atoms with van der Waals surface area (Å²) in [4.78, 5) is 29.8. The molecule has 0 atom stereocenters. The van der Waals surface area contributed by atoms with E-state index in [2.05, 4.69) is 15.2 Å². The second-order valence-corrected chi connectivity index (χ2v) is 9.03. The maximum absolute atomic E-state index is 13.4. The van der Waals surface area contributed by atoms with Crippen LogP contribution >= 0.6 is 0 Å². The lowest BCUT2D eigenvalue weighted by molar-refractivity contribution is -0.132. The standard InChI is InChI=1S/C27H31FN4O4/c1-32(21-9-4-3-5-10-21)25(33)14-12-22-27(34)29-26(31-30-22)19-11-13-23(24(16-19)35-2)36-17-18-7-6-8-20(28)15-18/h6-8,11,13,15-16,21H,3-5,9-10,12,14,17H2,1-2H3,(H,29,31,34). The number of hydrogen-bond acceptors (Lipinski definition) is 6. The van der Waals surface area contributed by atoms with Crippen LogP contribution in [0.5, 0.6) is 11.5 Å². The molecule has 1 heterocycles. The molecule has 0 radical (unpaired) electrons. The third kappa shape index (κ3) is 6.27. The van der Waals surface area contributed by atoms with Crippen molar-refractivity contribution in [3.8, 4) is 22.9 Å². The van der Waals surface area contributed by atoms with Crippen LogP contribution in [0, 0.1) is 5.82 Å². The normalized spacial score (nSPS) is 13.9. The van der Waals surface area contributed by atoms with Crippen molar-refractivity contribution in [2.45, 2.75) is 57.6 Å². The summed E-state index contributed by atoms with van der Waals surface area (Å²) in [5.74, 6) is 0.880. The number of hydrogen-bond donors (Lipinski definition) is 1. The van der Waals surface area contributed by atoms with E-state index >= 15 is 0 Å². The highest BCUT2D eigenvalue weighted by molar-refractivity contribution is 5.76. The third-order valence-corrected chi connectivity index (χ3v) is 6.58. The molecule has 1 amide bonds. The first-order chi connectivity index (χ1) is 17.4. The number of ether oxygens (including phenoxy) is 2. The zero-order chi connectivity index (χ0) is 25.5. The van der Waals surface area contributed by atoms with Gasteiger partial charge in [0, 0.05) is 31.5 Å². The summed E-state index contributed by atoms with van der Waals surface area (Å²) in [5, 5.41) is 8.25. The summed E-state index contributed by atoms with van der Waals surface area (Å²) in [5.41, 5.74) is 1.13. The number of carbonyl (C=O) groups is 1. The number of nitrogens with zero attached hydrogens (tertiary/aromatic N) is 3. The van der Waals surface area contributed by atoms with Crippen LogP contribution in [0.3, 0.4) is 0 Å². The van der Waals surface area contributed by atoms with Crippen molar-refractivity contribution in [1.29, 1.82) is 0 Å².